The van der Waals surface area contributed by atoms with E-state index in [0.717, 1.165) is 4.57 Å². The number of fused-ring (bicyclic) bond motifs is 1. The van der Waals surface area contributed by atoms with Gasteiger partial charge in [0.1, 0.15) is 6.04 Å². The van der Waals surface area contributed by atoms with E-state index in [-0.39, 0.29) is 16.9 Å². The number of non-ortho nitro benzene ring substituents is 1. The smallest absolute Gasteiger partial charge is 0.324 e. The minimum atomic E-state index is -0.759. The normalized spacial score (nSPS) is 12.1. The van der Waals surface area contributed by atoms with E-state index in [1.54, 1.807) is 6.92 Å². The van der Waals surface area contributed by atoms with Crippen LogP contribution in [0.3, 0.4) is 0 Å². The predicted octanol–water partition coefficient (Wildman–Crippen LogP) is 0.932. The summed E-state index contributed by atoms with van der Waals surface area (Å²) in [6.07, 6.45) is 1.71. The van der Waals surface area contributed by atoms with Crippen molar-refractivity contribution in [2.24, 2.45) is 14.1 Å². The van der Waals surface area contributed by atoms with Crippen LogP contribution in [0.4, 0.5) is 11.4 Å². The molecule has 1 amide bonds. The fraction of sp³-hybridized carbons (Fsp3) is 0.294. The van der Waals surface area contributed by atoms with Crippen LogP contribution < -0.4 is 16.6 Å². The van der Waals surface area contributed by atoms with Crippen molar-refractivity contribution < 1.29 is 9.72 Å². The number of benzene rings is 1. The Hall–Kier alpha value is -3.76. The van der Waals surface area contributed by atoms with E-state index in [1.807, 2.05) is 0 Å². The Kier molecular flexibility index (Phi) is 4.82. The predicted molar refractivity (Wildman–Crippen MR) is 101 cm³/mol. The number of aryl methyl sites for hydroxylation is 1. The lowest BCUT2D eigenvalue weighted by atomic mass is 10.2. The van der Waals surface area contributed by atoms with Gasteiger partial charge in [-0.05, 0) is 18.6 Å². The molecule has 2 aromatic heterocycles. The monoisotopic (exact) mass is 386 g/mol. The topological polar surface area (TPSA) is 134 Å². The molecule has 0 aliphatic carbocycles. The molecule has 0 bridgehead atoms. The maximum Gasteiger partial charge on any atom is 0.332 e. The van der Waals surface area contributed by atoms with Crippen LogP contribution in [0.15, 0.2) is 40.2 Å². The van der Waals surface area contributed by atoms with Gasteiger partial charge in [-0.25, -0.2) is 9.78 Å². The summed E-state index contributed by atoms with van der Waals surface area (Å²) < 4.78 is 3.65. The third-order valence-corrected chi connectivity index (χ3v) is 4.54. The van der Waals surface area contributed by atoms with Gasteiger partial charge < -0.3 is 9.88 Å². The zero-order valence-corrected chi connectivity index (χ0v) is 15.4. The number of nitro groups is 1. The van der Waals surface area contributed by atoms with Crippen molar-refractivity contribution in [1.82, 2.24) is 18.7 Å². The lowest BCUT2D eigenvalue weighted by Gasteiger charge is -2.17. The van der Waals surface area contributed by atoms with Crippen LogP contribution in [0, 0.1) is 10.1 Å². The molecule has 0 spiro atoms. The molecule has 1 N–H and O–H groups in total. The number of amides is 1. The number of rotatable bonds is 5. The summed E-state index contributed by atoms with van der Waals surface area (Å²) in [5.74, 6) is -0.411. The molecule has 0 aliphatic heterocycles. The van der Waals surface area contributed by atoms with Crippen molar-refractivity contribution in [3.63, 3.8) is 0 Å². The van der Waals surface area contributed by atoms with Crippen molar-refractivity contribution in [3.05, 3.63) is 61.5 Å². The average molecular weight is 386 g/mol. The number of carbonyl (C=O) groups is 1. The van der Waals surface area contributed by atoms with E-state index in [0.29, 0.717) is 12.1 Å². The van der Waals surface area contributed by atoms with Gasteiger partial charge in [0.05, 0.1) is 11.3 Å². The number of imidazole rings is 1. The second-order valence-electron chi connectivity index (χ2n) is 6.25. The largest absolute Gasteiger partial charge is 0.332 e. The van der Waals surface area contributed by atoms with Crippen LogP contribution >= 0.6 is 0 Å². The molecule has 11 nitrogen and oxygen atoms in total. The highest BCUT2D eigenvalue weighted by Gasteiger charge is 2.24. The van der Waals surface area contributed by atoms with E-state index in [9.17, 15) is 24.5 Å². The summed E-state index contributed by atoms with van der Waals surface area (Å²) in [4.78, 5) is 51.7. The fourth-order valence-electron chi connectivity index (χ4n) is 3.00. The minimum absolute atomic E-state index is 0.0879. The number of hydrogen-bond acceptors (Lipinski definition) is 6. The van der Waals surface area contributed by atoms with Crippen LogP contribution in [0.25, 0.3) is 11.2 Å². The molecular weight excluding hydrogens is 368 g/mol. The molecule has 0 aliphatic rings. The Labute approximate surface area is 158 Å². The molecule has 0 fully saturated rings. The van der Waals surface area contributed by atoms with Gasteiger partial charge in [0.25, 0.3) is 11.2 Å². The molecule has 3 rings (SSSR count). The first-order valence-electron chi connectivity index (χ1n) is 8.44. The fourth-order valence-corrected chi connectivity index (χ4v) is 3.00. The van der Waals surface area contributed by atoms with Crippen LogP contribution in [0.1, 0.15) is 19.4 Å². The van der Waals surface area contributed by atoms with Crippen LogP contribution in [-0.4, -0.2) is 29.5 Å². The zero-order valence-electron chi connectivity index (χ0n) is 15.4. The van der Waals surface area contributed by atoms with E-state index in [2.05, 4.69) is 10.3 Å². The van der Waals surface area contributed by atoms with Gasteiger partial charge in [-0.15, -0.1) is 0 Å². The number of nitro benzene ring substituents is 1. The average Bonchev–Trinajstić information content (AvgIpc) is 3.10. The highest BCUT2D eigenvalue weighted by atomic mass is 16.6. The molecule has 28 heavy (non-hydrogen) atoms. The third-order valence-electron chi connectivity index (χ3n) is 4.54. The second-order valence-corrected chi connectivity index (χ2v) is 6.25. The third kappa shape index (κ3) is 3.06. The van der Waals surface area contributed by atoms with Crippen LogP contribution in [0.5, 0.6) is 0 Å². The number of carbonyl (C=O) groups excluding carboxylic acids is 1. The number of nitrogens with one attached hydrogen (secondary N) is 1. The highest BCUT2D eigenvalue weighted by molar-refractivity contribution is 5.94. The van der Waals surface area contributed by atoms with Gasteiger partial charge in [-0.2, -0.15) is 0 Å². The Bertz CT molecular complexity index is 1190. The van der Waals surface area contributed by atoms with Crippen LogP contribution in [-0.2, 0) is 18.9 Å². The van der Waals surface area contributed by atoms with Gasteiger partial charge in [-0.1, -0.05) is 6.92 Å². The van der Waals surface area contributed by atoms with E-state index >= 15 is 0 Å². The van der Waals surface area contributed by atoms with Crippen molar-refractivity contribution >= 4 is 28.4 Å². The Balaban J connectivity index is 1.99. The Morgan fingerprint density at radius 2 is 1.86 bits per heavy atom. The first-order valence-corrected chi connectivity index (χ1v) is 8.44. The number of anilines is 1. The van der Waals surface area contributed by atoms with E-state index < -0.39 is 28.1 Å². The Morgan fingerprint density at radius 3 is 2.43 bits per heavy atom. The zero-order chi connectivity index (χ0) is 20.6. The molecule has 1 atom stereocenters. The number of aromatic nitrogens is 4. The van der Waals surface area contributed by atoms with Gasteiger partial charge >= 0.3 is 5.69 Å². The molecule has 11 heteroatoms. The summed E-state index contributed by atoms with van der Waals surface area (Å²) in [5, 5.41) is 13.4. The quantitative estimate of drug-likeness (QED) is 0.512. The molecule has 1 unspecified atom stereocenters. The lowest BCUT2D eigenvalue weighted by Crippen LogP contribution is -2.38. The van der Waals surface area contributed by atoms with Crippen molar-refractivity contribution in [2.75, 3.05) is 5.32 Å². The summed E-state index contributed by atoms with van der Waals surface area (Å²) >= 11 is 0. The van der Waals surface area contributed by atoms with Crippen molar-refractivity contribution in [3.8, 4) is 0 Å². The maximum absolute atomic E-state index is 12.8. The van der Waals surface area contributed by atoms with Crippen LogP contribution in [0.2, 0.25) is 0 Å². The van der Waals surface area contributed by atoms with Crippen molar-refractivity contribution in [2.45, 2.75) is 19.4 Å². The summed E-state index contributed by atoms with van der Waals surface area (Å²) in [6.45, 7) is 1.78. The van der Waals surface area contributed by atoms with Gasteiger partial charge in [0.2, 0.25) is 5.91 Å². The van der Waals surface area contributed by atoms with Crippen molar-refractivity contribution in [1.29, 1.82) is 0 Å². The molecule has 1 aromatic carbocycles. The summed E-state index contributed by atoms with van der Waals surface area (Å²) in [5.41, 5.74) is -0.415. The molecule has 0 radical (unpaired) electrons. The second kappa shape index (κ2) is 7.10. The van der Waals surface area contributed by atoms with Gasteiger partial charge in [-0.3, -0.25) is 28.8 Å². The van der Waals surface area contributed by atoms with Gasteiger partial charge in [0.15, 0.2) is 11.2 Å². The standard InChI is InChI=1S/C17H18N6O5/c1-4-12(15(24)19-10-5-7-11(8-6-10)23(27)28)22-9-18-14-13(22)16(25)21(3)17(26)20(14)2/h5-9,12H,4H2,1-3H3,(H,19,24). The Morgan fingerprint density at radius 1 is 1.21 bits per heavy atom. The molecule has 0 saturated carbocycles. The van der Waals surface area contributed by atoms with E-state index in [1.165, 1.54) is 53.8 Å². The maximum atomic E-state index is 12.8. The minimum Gasteiger partial charge on any atom is -0.324 e. The first-order chi connectivity index (χ1) is 13.3. The molecule has 3 aromatic rings. The number of nitrogens with zero attached hydrogens (tertiary/aromatic N) is 5. The molecular formula is C17H18N6O5. The molecule has 146 valence electrons. The highest BCUT2D eigenvalue weighted by Crippen LogP contribution is 2.21. The summed E-state index contributed by atoms with van der Waals surface area (Å²) in [7, 11) is 2.86. The summed E-state index contributed by atoms with van der Waals surface area (Å²) in [6, 6.07) is 4.67. The SMILES string of the molecule is CCC(C(=O)Nc1ccc([N+](=O)[O-])cc1)n1cnc2c1c(=O)n(C)c(=O)n2C. The van der Waals surface area contributed by atoms with E-state index in [4.69, 9.17) is 0 Å². The number of hydrogen-bond donors (Lipinski definition) is 1. The first kappa shape index (κ1) is 19.0. The molecule has 0 saturated heterocycles. The van der Waals surface area contributed by atoms with Gasteiger partial charge in [0, 0.05) is 31.9 Å². The lowest BCUT2D eigenvalue weighted by molar-refractivity contribution is -0.384. The molecule has 2 heterocycles.